The van der Waals surface area contributed by atoms with E-state index in [1.165, 1.54) is 6.26 Å². The fourth-order valence-corrected chi connectivity index (χ4v) is 0.343. The van der Waals surface area contributed by atoms with Gasteiger partial charge in [-0.2, -0.15) is 0 Å². The van der Waals surface area contributed by atoms with Crippen molar-refractivity contribution in [3.63, 3.8) is 0 Å². The molecule has 0 atom stereocenters. The molecule has 0 N–H and O–H groups in total. The van der Waals surface area contributed by atoms with Crippen LogP contribution in [-0.2, 0) is 0 Å². The van der Waals surface area contributed by atoms with Crippen molar-refractivity contribution in [3.8, 4) is 0 Å². The van der Waals surface area contributed by atoms with E-state index in [1.807, 2.05) is 0 Å². The van der Waals surface area contributed by atoms with Crippen molar-refractivity contribution in [2.24, 2.45) is 0 Å². The molecule has 34 valence electrons. The normalized spacial score (nSPS) is 7.57. The molecule has 0 bridgehead atoms. The Balaban J connectivity index is 0.000000360. The number of aromatic nitrogens is 1. The van der Waals surface area contributed by atoms with Gasteiger partial charge >= 0.3 is 51.4 Å². The Hall–Kier alpha value is 1.20. The van der Waals surface area contributed by atoms with Gasteiger partial charge in [0.15, 0.2) is 0 Å². The van der Waals surface area contributed by atoms with Crippen molar-refractivity contribution in [2.45, 2.75) is 5.22 Å². The van der Waals surface area contributed by atoms with E-state index < -0.39 is 0 Å². The molecule has 0 aliphatic rings. The van der Waals surface area contributed by atoms with E-state index in [1.54, 1.807) is 6.20 Å². The summed E-state index contributed by atoms with van der Waals surface area (Å²) in [6.45, 7) is 0. The second-order valence-corrected chi connectivity index (χ2v) is 1.20. The SMILES string of the molecule is Sc1ncco1.[KH]. The molecule has 4 heteroatoms. The van der Waals surface area contributed by atoms with Gasteiger partial charge in [0.25, 0.3) is 5.22 Å². The standard InChI is InChI=1S/C3H3NOS.K.H/c6-3-4-1-2-5-3;;/h1-2H,(H,4,6);;. The third-order valence-corrected chi connectivity index (χ3v) is 0.640. The third kappa shape index (κ3) is 2.89. The maximum atomic E-state index is 4.59. The third-order valence-electron chi connectivity index (χ3n) is 0.419. The molecule has 0 saturated heterocycles. The zero-order valence-electron chi connectivity index (χ0n) is 2.96. The summed E-state index contributed by atoms with van der Waals surface area (Å²) >= 11 is 3.76. The average Bonchev–Trinajstić information content (AvgIpc) is 1.86. The van der Waals surface area contributed by atoms with Crippen LogP contribution in [0.4, 0.5) is 0 Å². The first kappa shape index (κ1) is 8.20. The Labute approximate surface area is 89.5 Å². The summed E-state index contributed by atoms with van der Waals surface area (Å²) in [5, 5.41) is 0.412. The first-order valence-corrected chi connectivity index (χ1v) is 1.93. The zero-order chi connectivity index (χ0) is 4.41. The minimum absolute atomic E-state index is 0. The number of hydrogen-bond acceptors (Lipinski definition) is 3. The predicted molar refractivity (Wildman–Crippen MR) is 30.9 cm³/mol. The molecule has 0 aliphatic heterocycles. The number of nitrogens with zero attached hydrogens (tertiary/aromatic N) is 1. The summed E-state index contributed by atoms with van der Waals surface area (Å²) in [6.07, 6.45) is 3.02. The Morgan fingerprint density at radius 2 is 2.43 bits per heavy atom. The summed E-state index contributed by atoms with van der Waals surface area (Å²) < 4.78 is 4.59. The van der Waals surface area contributed by atoms with Gasteiger partial charge in [-0.3, -0.25) is 0 Å². The van der Waals surface area contributed by atoms with Crippen LogP contribution in [-0.4, -0.2) is 56.4 Å². The number of hydrogen-bond donors (Lipinski definition) is 1. The fourth-order valence-electron chi connectivity index (χ4n) is 0.216. The zero-order valence-corrected chi connectivity index (χ0v) is 3.85. The molecule has 7 heavy (non-hydrogen) atoms. The van der Waals surface area contributed by atoms with Gasteiger partial charge in [-0.1, -0.05) is 12.6 Å². The van der Waals surface area contributed by atoms with Crippen molar-refractivity contribution in [3.05, 3.63) is 12.5 Å². The van der Waals surface area contributed by atoms with Gasteiger partial charge in [0.1, 0.15) is 6.26 Å². The molecule has 0 spiro atoms. The summed E-state index contributed by atoms with van der Waals surface area (Å²) in [4.78, 5) is 3.61. The van der Waals surface area contributed by atoms with Crippen LogP contribution < -0.4 is 0 Å². The van der Waals surface area contributed by atoms with E-state index in [4.69, 9.17) is 0 Å². The predicted octanol–water partition coefficient (Wildman–Crippen LogP) is 0.315. The van der Waals surface area contributed by atoms with Crippen LogP contribution in [0.5, 0.6) is 0 Å². The van der Waals surface area contributed by atoms with Crippen LogP contribution >= 0.6 is 12.6 Å². The molecule has 0 unspecified atom stereocenters. The Kier molecular flexibility index (Phi) is 4.82. The second kappa shape index (κ2) is 4.11. The number of rotatable bonds is 0. The van der Waals surface area contributed by atoms with Crippen LogP contribution in [0.2, 0.25) is 0 Å². The van der Waals surface area contributed by atoms with Gasteiger partial charge < -0.3 is 4.42 Å². The van der Waals surface area contributed by atoms with Crippen LogP contribution in [0.15, 0.2) is 22.1 Å². The maximum absolute atomic E-state index is 4.59. The Morgan fingerprint density at radius 3 is 2.57 bits per heavy atom. The van der Waals surface area contributed by atoms with E-state index in [9.17, 15) is 0 Å². The van der Waals surface area contributed by atoms with Crippen molar-refractivity contribution < 1.29 is 4.42 Å². The van der Waals surface area contributed by atoms with Gasteiger partial charge in [-0.05, 0) is 0 Å². The minimum atomic E-state index is 0. The monoisotopic (exact) mass is 141 g/mol. The molecule has 0 aromatic carbocycles. The van der Waals surface area contributed by atoms with Crippen LogP contribution in [0.25, 0.3) is 0 Å². The topological polar surface area (TPSA) is 26.0 Å². The van der Waals surface area contributed by atoms with E-state index >= 15 is 0 Å². The number of oxazole rings is 1. The average molecular weight is 141 g/mol. The van der Waals surface area contributed by atoms with Crippen molar-refractivity contribution in [1.29, 1.82) is 0 Å². The second-order valence-electron chi connectivity index (χ2n) is 0.815. The van der Waals surface area contributed by atoms with Gasteiger partial charge in [-0.15, -0.1) is 0 Å². The van der Waals surface area contributed by atoms with Crippen LogP contribution in [0, 0.1) is 0 Å². The fraction of sp³-hybridized carbons (Fsp3) is 0. The quantitative estimate of drug-likeness (QED) is 0.416. The molecule has 0 saturated carbocycles. The molecular formula is C3H4KNOS. The first-order chi connectivity index (χ1) is 2.89. The Bertz CT molecular complexity index is 118. The van der Waals surface area contributed by atoms with E-state index in [0.29, 0.717) is 5.22 Å². The molecular weight excluding hydrogens is 137 g/mol. The Morgan fingerprint density at radius 1 is 1.71 bits per heavy atom. The van der Waals surface area contributed by atoms with Gasteiger partial charge in [0.05, 0.1) is 6.20 Å². The first-order valence-electron chi connectivity index (χ1n) is 1.48. The van der Waals surface area contributed by atoms with Gasteiger partial charge in [0, 0.05) is 0 Å². The van der Waals surface area contributed by atoms with Crippen molar-refractivity contribution in [1.82, 2.24) is 4.98 Å². The molecule has 0 amide bonds. The number of thiol groups is 1. The summed E-state index contributed by atoms with van der Waals surface area (Å²) in [5.74, 6) is 0. The molecule has 2 nitrogen and oxygen atoms in total. The van der Waals surface area contributed by atoms with Crippen molar-refractivity contribution >= 4 is 64.0 Å². The molecule has 1 aromatic rings. The van der Waals surface area contributed by atoms with Crippen LogP contribution in [0.1, 0.15) is 0 Å². The summed E-state index contributed by atoms with van der Waals surface area (Å²) in [6, 6.07) is 0. The molecule has 1 rings (SSSR count). The van der Waals surface area contributed by atoms with Gasteiger partial charge in [0.2, 0.25) is 0 Å². The molecule has 1 heterocycles. The molecule has 0 aliphatic carbocycles. The summed E-state index contributed by atoms with van der Waals surface area (Å²) in [7, 11) is 0. The summed E-state index contributed by atoms with van der Waals surface area (Å²) in [5.41, 5.74) is 0. The molecule has 0 radical (unpaired) electrons. The van der Waals surface area contributed by atoms with Crippen LogP contribution in [0.3, 0.4) is 0 Å². The van der Waals surface area contributed by atoms with E-state index in [2.05, 4.69) is 22.0 Å². The van der Waals surface area contributed by atoms with Gasteiger partial charge in [-0.25, -0.2) is 4.98 Å². The van der Waals surface area contributed by atoms with E-state index in [0.717, 1.165) is 0 Å². The van der Waals surface area contributed by atoms with Crippen molar-refractivity contribution in [2.75, 3.05) is 0 Å². The van der Waals surface area contributed by atoms with E-state index in [-0.39, 0.29) is 51.4 Å². The molecule has 0 fully saturated rings. The molecule has 1 aromatic heterocycles.